The normalized spacial score (nSPS) is 19.5. The zero-order valence-corrected chi connectivity index (χ0v) is 11.6. The van der Waals surface area contributed by atoms with Gasteiger partial charge in [0.2, 0.25) is 0 Å². The van der Waals surface area contributed by atoms with Crippen molar-refractivity contribution < 1.29 is 9.90 Å². The zero-order valence-electron chi connectivity index (χ0n) is 11.6. The molecule has 1 unspecified atom stereocenters. The number of aryl methyl sites for hydroxylation is 2. The van der Waals surface area contributed by atoms with Crippen molar-refractivity contribution in [1.82, 2.24) is 5.32 Å². The van der Waals surface area contributed by atoms with E-state index in [4.69, 9.17) is 5.11 Å². The van der Waals surface area contributed by atoms with E-state index >= 15 is 0 Å². The molecule has 0 amide bonds. The number of aliphatic carboxylic acids is 1. The summed E-state index contributed by atoms with van der Waals surface area (Å²) in [5, 5.41) is 12.2. The quantitative estimate of drug-likeness (QED) is 0.871. The predicted octanol–water partition coefficient (Wildman–Crippen LogP) is 1.95. The van der Waals surface area contributed by atoms with Crippen molar-refractivity contribution in [1.29, 1.82) is 0 Å². The fourth-order valence-electron chi connectivity index (χ4n) is 2.77. The van der Waals surface area contributed by atoms with Gasteiger partial charge in [0.15, 0.2) is 0 Å². The summed E-state index contributed by atoms with van der Waals surface area (Å²) in [5.41, 5.74) is 3.73. The van der Waals surface area contributed by atoms with Gasteiger partial charge in [-0.3, -0.25) is 4.79 Å². The molecule has 1 heterocycles. The number of carboxylic acids is 1. The predicted molar refractivity (Wildman–Crippen MR) is 76.8 cm³/mol. The number of anilines is 1. The van der Waals surface area contributed by atoms with Crippen LogP contribution in [0.3, 0.4) is 0 Å². The zero-order chi connectivity index (χ0) is 13.8. The minimum Gasteiger partial charge on any atom is -0.481 e. The second-order valence-corrected chi connectivity index (χ2v) is 5.33. The molecule has 0 saturated carbocycles. The van der Waals surface area contributed by atoms with Crippen LogP contribution in [0.15, 0.2) is 18.2 Å². The van der Waals surface area contributed by atoms with E-state index in [-0.39, 0.29) is 12.5 Å². The molecule has 1 fully saturated rings. The van der Waals surface area contributed by atoms with Crippen molar-refractivity contribution in [2.24, 2.45) is 0 Å². The lowest BCUT2D eigenvalue weighted by atomic mass is 10.0. The Morgan fingerprint density at radius 3 is 2.68 bits per heavy atom. The fourth-order valence-corrected chi connectivity index (χ4v) is 2.77. The monoisotopic (exact) mass is 262 g/mol. The van der Waals surface area contributed by atoms with Gasteiger partial charge in [0.1, 0.15) is 0 Å². The van der Waals surface area contributed by atoms with E-state index in [2.05, 4.69) is 42.3 Å². The lowest BCUT2D eigenvalue weighted by Crippen LogP contribution is -2.51. The molecule has 2 N–H and O–H groups in total. The van der Waals surface area contributed by atoms with Crippen LogP contribution in [-0.2, 0) is 4.79 Å². The average molecular weight is 262 g/mol. The maximum Gasteiger partial charge on any atom is 0.303 e. The molecule has 1 aromatic rings. The molecule has 0 spiro atoms. The first-order chi connectivity index (χ1) is 9.06. The highest BCUT2D eigenvalue weighted by atomic mass is 16.4. The summed E-state index contributed by atoms with van der Waals surface area (Å²) in [6.45, 7) is 6.96. The number of nitrogens with zero attached hydrogens (tertiary/aromatic N) is 1. The molecular formula is C15H22N2O2. The molecule has 1 aliphatic rings. The van der Waals surface area contributed by atoms with Crippen molar-refractivity contribution in [3.8, 4) is 0 Å². The Hall–Kier alpha value is -1.55. The largest absolute Gasteiger partial charge is 0.481 e. The molecule has 0 aliphatic carbocycles. The maximum atomic E-state index is 10.8. The molecule has 0 aromatic heterocycles. The second-order valence-electron chi connectivity index (χ2n) is 5.33. The Labute approximate surface area is 114 Å². The Bertz CT molecular complexity index is 439. The number of carboxylic acid groups (broad SMARTS) is 1. The average Bonchev–Trinajstić information content (AvgIpc) is 2.35. The molecule has 0 bridgehead atoms. The van der Waals surface area contributed by atoms with Gasteiger partial charge in [-0.1, -0.05) is 6.07 Å². The third-order valence-corrected chi connectivity index (χ3v) is 3.58. The molecule has 4 heteroatoms. The van der Waals surface area contributed by atoms with Crippen LogP contribution in [0.5, 0.6) is 0 Å². The molecule has 104 valence electrons. The second kappa shape index (κ2) is 6.06. The highest BCUT2D eigenvalue weighted by molar-refractivity contribution is 5.66. The van der Waals surface area contributed by atoms with E-state index in [0.717, 1.165) is 19.6 Å². The number of rotatable bonds is 4. The van der Waals surface area contributed by atoms with Gasteiger partial charge in [0.05, 0.1) is 0 Å². The van der Waals surface area contributed by atoms with Crippen molar-refractivity contribution in [2.45, 2.75) is 32.7 Å². The SMILES string of the molecule is Cc1cc(C)cc(N2CCNCC2CCC(=O)O)c1. The van der Waals surface area contributed by atoms with Crippen molar-refractivity contribution in [3.05, 3.63) is 29.3 Å². The van der Waals surface area contributed by atoms with Crippen molar-refractivity contribution in [2.75, 3.05) is 24.5 Å². The summed E-state index contributed by atoms with van der Waals surface area (Å²) in [7, 11) is 0. The van der Waals surface area contributed by atoms with Crippen LogP contribution in [-0.4, -0.2) is 36.8 Å². The van der Waals surface area contributed by atoms with Gasteiger partial charge in [-0.15, -0.1) is 0 Å². The molecule has 4 nitrogen and oxygen atoms in total. The molecule has 0 radical (unpaired) electrons. The topological polar surface area (TPSA) is 52.6 Å². The molecule has 1 saturated heterocycles. The first-order valence-electron chi connectivity index (χ1n) is 6.83. The van der Waals surface area contributed by atoms with E-state index < -0.39 is 5.97 Å². The third-order valence-electron chi connectivity index (χ3n) is 3.58. The summed E-state index contributed by atoms with van der Waals surface area (Å²) in [4.78, 5) is 13.1. The number of hydrogen-bond acceptors (Lipinski definition) is 3. The summed E-state index contributed by atoms with van der Waals surface area (Å²) in [5.74, 6) is -0.717. The number of hydrogen-bond donors (Lipinski definition) is 2. The Morgan fingerprint density at radius 1 is 1.37 bits per heavy atom. The fraction of sp³-hybridized carbons (Fsp3) is 0.533. The summed E-state index contributed by atoms with van der Waals surface area (Å²) < 4.78 is 0. The van der Waals surface area contributed by atoms with Crippen LogP contribution in [0.1, 0.15) is 24.0 Å². The van der Waals surface area contributed by atoms with Crippen LogP contribution in [0, 0.1) is 13.8 Å². The van der Waals surface area contributed by atoms with Gasteiger partial charge in [-0.2, -0.15) is 0 Å². The number of benzene rings is 1. The van der Waals surface area contributed by atoms with Gasteiger partial charge in [-0.25, -0.2) is 0 Å². The first-order valence-corrected chi connectivity index (χ1v) is 6.83. The number of piperazine rings is 1. The highest BCUT2D eigenvalue weighted by Crippen LogP contribution is 2.23. The van der Waals surface area contributed by atoms with Crippen LogP contribution < -0.4 is 10.2 Å². The number of carbonyl (C=O) groups is 1. The van der Waals surface area contributed by atoms with Gasteiger partial charge < -0.3 is 15.3 Å². The third kappa shape index (κ3) is 3.70. The van der Waals surface area contributed by atoms with Gasteiger partial charge in [-0.05, 0) is 43.5 Å². The molecule has 1 atom stereocenters. The molecule has 2 rings (SSSR count). The minimum absolute atomic E-state index is 0.230. The lowest BCUT2D eigenvalue weighted by molar-refractivity contribution is -0.137. The summed E-state index contributed by atoms with van der Waals surface area (Å²) in [6.07, 6.45) is 0.920. The molecule has 1 aliphatic heterocycles. The van der Waals surface area contributed by atoms with Crippen LogP contribution in [0.4, 0.5) is 5.69 Å². The highest BCUT2D eigenvalue weighted by Gasteiger charge is 2.23. The van der Waals surface area contributed by atoms with E-state index in [1.165, 1.54) is 16.8 Å². The smallest absolute Gasteiger partial charge is 0.303 e. The minimum atomic E-state index is -0.717. The summed E-state index contributed by atoms with van der Waals surface area (Å²) in [6, 6.07) is 6.81. The first kappa shape index (κ1) is 13.9. The lowest BCUT2D eigenvalue weighted by Gasteiger charge is -2.38. The maximum absolute atomic E-state index is 10.8. The Kier molecular flexibility index (Phi) is 4.43. The summed E-state index contributed by atoms with van der Waals surface area (Å²) >= 11 is 0. The molecule has 1 aromatic carbocycles. The van der Waals surface area contributed by atoms with Crippen molar-refractivity contribution >= 4 is 11.7 Å². The van der Waals surface area contributed by atoms with Gasteiger partial charge >= 0.3 is 5.97 Å². The van der Waals surface area contributed by atoms with E-state index in [1.807, 2.05) is 0 Å². The number of nitrogens with one attached hydrogen (secondary N) is 1. The Balaban J connectivity index is 2.16. The van der Waals surface area contributed by atoms with Crippen LogP contribution in [0.25, 0.3) is 0 Å². The van der Waals surface area contributed by atoms with Crippen molar-refractivity contribution in [3.63, 3.8) is 0 Å². The Morgan fingerprint density at radius 2 is 2.05 bits per heavy atom. The van der Waals surface area contributed by atoms with E-state index in [1.54, 1.807) is 0 Å². The van der Waals surface area contributed by atoms with Crippen LogP contribution >= 0.6 is 0 Å². The molecular weight excluding hydrogens is 240 g/mol. The van der Waals surface area contributed by atoms with Crippen LogP contribution in [0.2, 0.25) is 0 Å². The standard InChI is InChI=1S/C15H22N2O2/c1-11-7-12(2)9-14(8-11)17-6-5-16-10-13(17)3-4-15(18)19/h7-9,13,16H,3-6,10H2,1-2H3,(H,18,19). The molecule has 19 heavy (non-hydrogen) atoms. The van der Waals surface area contributed by atoms with E-state index in [0.29, 0.717) is 6.42 Å². The van der Waals surface area contributed by atoms with E-state index in [9.17, 15) is 4.79 Å². The van der Waals surface area contributed by atoms with Gasteiger partial charge in [0.25, 0.3) is 0 Å². The van der Waals surface area contributed by atoms with Gasteiger partial charge in [0, 0.05) is 37.8 Å².